The van der Waals surface area contributed by atoms with Crippen molar-refractivity contribution >= 4 is 29.2 Å². The van der Waals surface area contributed by atoms with Crippen LogP contribution >= 0.6 is 0 Å². The van der Waals surface area contributed by atoms with Gasteiger partial charge in [0.25, 0.3) is 5.91 Å². The van der Waals surface area contributed by atoms with E-state index in [1.807, 2.05) is 25.7 Å². The molecule has 0 aromatic heterocycles. The molecule has 0 unspecified atom stereocenters. The van der Waals surface area contributed by atoms with Crippen LogP contribution in [0.1, 0.15) is 46.5 Å². The molecule has 1 heterocycles. The van der Waals surface area contributed by atoms with Crippen LogP contribution < -0.4 is 21.0 Å². The van der Waals surface area contributed by atoms with Crippen molar-refractivity contribution in [3.8, 4) is 0 Å². The molecular formula is C25H38FN5O5. The molecule has 1 aromatic carbocycles. The van der Waals surface area contributed by atoms with Gasteiger partial charge in [-0.15, -0.1) is 0 Å². The number of carbonyl (C=O) groups is 3. The predicted molar refractivity (Wildman–Crippen MR) is 133 cm³/mol. The van der Waals surface area contributed by atoms with Crippen LogP contribution in [0, 0.1) is 17.2 Å². The highest BCUT2D eigenvalue weighted by Gasteiger charge is 2.37. The first-order valence-corrected chi connectivity index (χ1v) is 12.5. The average molecular weight is 508 g/mol. The lowest BCUT2D eigenvalue weighted by Crippen LogP contribution is -2.57. The number of amides is 4. The van der Waals surface area contributed by atoms with Crippen LogP contribution in [0.15, 0.2) is 18.2 Å². The number of nitrogens with one attached hydrogen (secondary N) is 3. The lowest BCUT2D eigenvalue weighted by molar-refractivity contribution is -0.142. The largest absolute Gasteiger partial charge is 0.378 e. The minimum atomic E-state index is -0.967. The third kappa shape index (κ3) is 7.54. The summed E-state index contributed by atoms with van der Waals surface area (Å²) >= 11 is 0. The Morgan fingerprint density at radius 1 is 1.19 bits per heavy atom. The summed E-state index contributed by atoms with van der Waals surface area (Å²) in [6.45, 7) is 7.77. The second kappa shape index (κ2) is 12.4. The SMILES string of the molecule is CC(C)(C)[C@H](NC(=O)Nc1cc(F)ccc1N1CCOCC1)C(=O)N(CC(=O)NO)CC1CCCC1. The molecule has 2 aliphatic rings. The van der Waals surface area contributed by atoms with Gasteiger partial charge < -0.3 is 25.2 Å². The second-order valence-corrected chi connectivity index (χ2v) is 10.6. The van der Waals surface area contributed by atoms with Crippen molar-refractivity contribution < 1.29 is 28.7 Å². The molecule has 1 saturated carbocycles. The quantitative estimate of drug-likeness (QED) is 0.317. The number of halogens is 1. The number of hydrogen-bond donors (Lipinski definition) is 4. The van der Waals surface area contributed by atoms with E-state index in [0.717, 1.165) is 25.7 Å². The number of anilines is 2. The molecule has 3 rings (SSSR count). The van der Waals surface area contributed by atoms with Crippen molar-refractivity contribution in [1.29, 1.82) is 0 Å². The van der Waals surface area contributed by atoms with Crippen molar-refractivity contribution in [3.05, 3.63) is 24.0 Å². The van der Waals surface area contributed by atoms with Crippen LogP contribution in [-0.4, -0.2) is 73.4 Å². The van der Waals surface area contributed by atoms with Gasteiger partial charge in [0.2, 0.25) is 5.91 Å². The number of nitrogens with zero attached hydrogens (tertiary/aromatic N) is 2. The Bertz CT molecular complexity index is 926. The molecule has 0 radical (unpaired) electrons. The van der Waals surface area contributed by atoms with Crippen LogP contribution in [-0.2, 0) is 14.3 Å². The number of morpholine rings is 1. The predicted octanol–water partition coefficient (Wildman–Crippen LogP) is 2.72. The zero-order valence-corrected chi connectivity index (χ0v) is 21.3. The van der Waals surface area contributed by atoms with Gasteiger partial charge in [0.15, 0.2) is 0 Å². The Labute approximate surface area is 211 Å². The van der Waals surface area contributed by atoms with E-state index in [9.17, 15) is 18.8 Å². The molecule has 10 nitrogen and oxygen atoms in total. The van der Waals surface area contributed by atoms with Crippen LogP contribution in [0.4, 0.5) is 20.6 Å². The van der Waals surface area contributed by atoms with Crippen molar-refractivity contribution in [2.45, 2.75) is 52.5 Å². The van der Waals surface area contributed by atoms with Crippen molar-refractivity contribution in [3.63, 3.8) is 0 Å². The fourth-order valence-electron chi connectivity index (χ4n) is 4.75. The number of rotatable bonds is 8. The molecule has 2 fully saturated rings. The first-order valence-electron chi connectivity index (χ1n) is 12.5. The normalized spacial score (nSPS) is 17.4. The number of urea groups is 1. The van der Waals surface area contributed by atoms with E-state index in [0.29, 0.717) is 38.5 Å². The summed E-state index contributed by atoms with van der Waals surface area (Å²) in [5, 5.41) is 14.5. The molecule has 0 spiro atoms. The number of benzene rings is 1. The Kier molecular flexibility index (Phi) is 9.49. The number of ether oxygens (including phenoxy) is 1. The molecule has 1 aliphatic heterocycles. The number of hydrogen-bond acceptors (Lipinski definition) is 6. The summed E-state index contributed by atoms with van der Waals surface area (Å²) in [5.74, 6) is -1.35. The molecular weight excluding hydrogens is 469 g/mol. The van der Waals surface area contributed by atoms with Crippen LogP contribution in [0.5, 0.6) is 0 Å². The topological polar surface area (TPSA) is 123 Å². The lowest BCUT2D eigenvalue weighted by atomic mass is 9.85. The third-order valence-corrected chi connectivity index (χ3v) is 6.67. The summed E-state index contributed by atoms with van der Waals surface area (Å²) in [7, 11) is 0. The minimum Gasteiger partial charge on any atom is -0.378 e. The van der Waals surface area contributed by atoms with Crippen molar-refractivity contribution in [2.24, 2.45) is 11.3 Å². The molecule has 4 N–H and O–H groups in total. The monoisotopic (exact) mass is 507 g/mol. The third-order valence-electron chi connectivity index (χ3n) is 6.67. The maximum atomic E-state index is 14.1. The fourth-order valence-corrected chi connectivity index (χ4v) is 4.75. The first-order chi connectivity index (χ1) is 17.1. The molecule has 11 heteroatoms. The van der Waals surface area contributed by atoms with Gasteiger partial charge in [-0.3, -0.25) is 14.8 Å². The van der Waals surface area contributed by atoms with E-state index in [2.05, 4.69) is 10.6 Å². The van der Waals surface area contributed by atoms with Crippen LogP contribution in [0.3, 0.4) is 0 Å². The van der Waals surface area contributed by atoms with E-state index in [1.54, 1.807) is 11.5 Å². The van der Waals surface area contributed by atoms with Gasteiger partial charge in [0.05, 0.1) is 24.6 Å². The Morgan fingerprint density at radius 2 is 1.86 bits per heavy atom. The second-order valence-electron chi connectivity index (χ2n) is 10.6. The average Bonchev–Trinajstić information content (AvgIpc) is 3.35. The van der Waals surface area contributed by atoms with E-state index < -0.39 is 35.1 Å². The number of hydroxylamine groups is 1. The Balaban J connectivity index is 1.77. The summed E-state index contributed by atoms with van der Waals surface area (Å²) in [4.78, 5) is 42.1. The zero-order chi connectivity index (χ0) is 26.3. The molecule has 200 valence electrons. The molecule has 1 aliphatic carbocycles. The molecule has 0 bridgehead atoms. The summed E-state index contributed by atoms with van der Waals surface area (Å²) < 4.78 is 19.5. The fraction of sp³-hybridized carbons (Fsp3) is 0.640. The lowest BCUT2D eigenvalue weighted by Gasteiger charge is -2.36. The van der Waals surface area contributed by atoms with E-state index in [4.69, 9.17) is 9.94 Å². The summed E-state index contributed by atoms with van der Waals surface area (Å²) in [6.07, 6.45) is 4.06. The highest BCUT2D eigenvalue weighted by Crippen LogP contribution is 2.29. The van der Waals surface area contributed by atoms with Gasteiger partial charge in [-0.05, 0) is 42.4 Å². The minimum absolute atomic E-state index is 0.262. The van der Waals surface area contributed by atoms with E-state index in [-0.39, 0.29) is 18.2 Å². The smallest absolute Gasteiger partial charge is 0.319 e. The van der Waals surface area contributed by atoms with Gasteiger partial charge in [-0.25, -0.2) is 14.7 Å². The summed E-state index contributed by atoms with van der Waals surface area (Å²) in [5.41, 5.74) is 1.85. The van der Waals surface area contributed by atoms with Gasteiger partial charge in [0.1, 0.15) is 18.4 Å². The standard InChI is InChI=1S/C25H38FN5O5/c1-25(2,3)22(23(33)31(16-21(32)29-35)15-17-6-4-5-7-17)28-24(34)27-19-14-18(26)8-9-20(19)30-10-12-36-13-11-30/h8-9,14,17,22,35H,4-7,10-13,15-16H2,1-3H3,(H,29,32)(H2,27,28,34)/t22-/m1/s1. The highest BCUT2D eigenvalue weighted by atomic mass is 19.1. The van der Waals surface area contributed by atoms with Gasteiger partial charge in [0, 0.05) is 19.6 Å². The first kappa shape index (κ1) is 27.7. The van der Waals surface area contributed by atoms with Gasteiger partial charge in [-0.1, -0.05) is 33.6 Å². The molecule has 1 saturated heterocycles. The molecule has 1 atom stereocenters. The zero-order valence-electron chi connectivity index (χ0n) is 21.3. The van der Waals surface area contributed by atoms with Crippen molar-refractivity contribution in [2.75, 3.05) is 49.6 Å². The van der Waals surface area contributed by atoms with Crippen LogP contribution in [0.25, 0.3) is 0 Å². The molecule has 1 aromatic rings. The summed E-state index contributed by atoms with van der Waals surface area (Å²) in [6, 6.07) is 2.57. The highest BCUT2D eigenvalue weighted by molar-refractivity contribution is 5.97. The maximum Gasteiger partial charge on any atom is 0.319 e. The number of carbonyl (C=O) groups excluding carboxylic acids is 3. The molecule has 4 amide bonds. The van der Waals surface area contributed by atoms with Gasteiger partial charge >= 0.3 is 6.03 Å². The maximum absolute atomic E-state index is 14.1. The van der Waals surface area contributed by atoms with Crippen LogP contribution in [0.2, 0.25) is 0 Å². The Morgan fingerprint density at radius 3 is 2.47 bits per heavy atom. The van der Waals surface area contributed by atoms with E-state index >= 15 is 0 Å². The van der Waals surface area contributed by atoms with Crippen molar-refractivity contribution in [1.82, 2.24) is 15.7 Å². The Hall–Kier alpha value is -2.92. The van der Waals surface area contributed by atoms with Gasteiger partial charge in [-0.2, -0.15) is 0 Å². The van der Waals surface area contributed by atoms with E-state index in [1.165, 1.54) is 17.0 Å². The molecule has 36 heavy (non-hydrogen) atoms.